The number of nitriles is 1. The van der Waals surface area contributed by atoms with Crippen molar-refractivity contribution < 1.29 is 9.53 Å². The standard InChI is InChI=1S/C25H22N2O2/c1-2-6-19-10-12-21(13-11-19)25(28)23(16-26)15-22-8-3-4-9-24(22)29-18-20-7-5-14-27-17-20/h3-5,7-15,17H,2,6,18H2,1H3/b23-15+. The molecule has 0 amide bonds. The summed E-state index contributed by atoms with van der Waals surface area (Å²) in [5.74, 6) is 0.313. The molecule has 0 saturated heterocycles. The van der Waals surface area contributed by atoms with E-state index in [0.29, 0.717) is 23.5 Å². The van der Waals surface area contributed by atoms with Crippen molar-refractivity contribution in [2.45, 2.75) is 26.4 Å². The van der Waals surface area contributed by atoms with Crippen LogP contribution in [0.1, 0.15) is 40.4 Å². The lowest BCUT2D eigenvalue weighted by molar-refractivity contribution is 0.104. The van der Waals surface area contributed by atoms with Crippen LogP contribution in [0.3, 0.4) is 0 Å². The second-order valence-corrected chi connectivity index (χ2v) is 6.63. The molecule has 3 aromatic rings. The summed E-state index contributed by atoms with van der Waals surface area (Å²) >= 11 is 0. The van der Waals surface area contributed by atoms with E-state index in [0.717, 1.165) is 18.4 Å². The second-order valence-electron chi connectivity index (χ2n) is 6.63. The van der Waals surface area contributed by atoms with E-state index < -0.39 is 0 Å². The Morgan fingerprint density at radius 3 is 2.55 bits per heavy atom. The predicted octanol–water partition coefficient (Wildman–Crippen LogP) is 5.40. The Balaban J connectivity index is 1.81. The van der Waals surface area contributed by atoms with E-state index in [4.69, 9.17) is 4.74 Å². The number of ketones is 1. The van der Waals surface area contributed by atoms with Crippen molar-refractivity contribution in [1.82, 2.24) is 4.98 Å². The van der Waals surface area contributed by atoms with Crippen LogP contribution >= 0.6 is 0 Å². The molecule has 4 heteroatoms. The first-order valence-electron chi connectivity index (χ1n) is 9.57. The zero-order valence-electron chi connectivity index (χ0n) is 16.3. The molecule has 0 atom stereocenters. The topological polar surface area (TPSA) is 63.0 Å². The highest BCUT2D eigenvalue weighted by molar-refractivity contribution is 6.14. The van der Waals surface area contributed by atoms with E-state index in [2.05, 4.69) is 11.9 Å². The molecule has 0 aliphatic heterocycles. The molecule has 29 heavy (non-hydrogen) atoms. The van der Waals surface area contributed by atoms with Gasteiger partial charge in [-0.3, -0.25) is 9.78 Å². The number of pyridine rings is 1. The van der Waals surface area contributed by atoms with Crippen molar-refractivity contribution in [1.29, 1.82) is 5.26 Å². The molecular weight excluding hydrogens is 360 g/mol. The largest absolute Gasteiger partial charge is 0.488 e. The van der Waals surface area contributed by atoms with Crippen LogP contribution in [0, 0.1) is 11.3 Å². The van der Waals surface area contributed by atoms with Gasteiger partial charge in [0.1, 0.15) is 24.0 Å². The fourth-order valence-corrected chi connectivity index (χ4v) is 2.95. The third-order valence-electron chi connectivity index (χ3n) is 4.46. The molecule has 0 aliphatic rings. The number of hydrogen-bond acceptors (Lipinski definition) is 4. The monoisotopic (exact) mass is 382 g/mol. The fourth-order valence-electron chi connectivity index (χ4n) is 2.95. The number of allylic oxidation sites excluding steroid dienone is 1. The van der Waals surface area contributed by atoms with Crippen LogP contribution in [0.4, 0.5) is 0 Å². The van der Waals surface area contributed by atoms with Crippen molar-refractivity contribution in [3.8, 4) is 11.8 Å². The normalized spacial score (nSPS) is 11.0. The van der Waals surface area contributed by atoms with Gasteiger partial charge in [-0.1, -0.05) is 61.9 Å². The maximum atomic E-state index is 12.8. The van der Waals surface area contributed by atoms with Gasteiger partial charge in [-0.15, -0.1) is 0 Å². The molecule has 0 aliphatic carbocycles. The van der Waals surface area contributed by atoms with Crippen molar-refractivity contribution in [2.75, 3.05) is 0 Å². The Morgan fingerprint density at radius 2 is 1.86 bits per heavy atom. The third kappa shape index (κ3) is 5.40. The highest BCUT2D eigenvalue weighted by Gasteiger charge is 2.13. The van der Waals surface area contributed by atoms with Crippen molar-refractivity contribution in [3.63, 3.8) is 0 Å². The van der Waals surface area contributed by atoms with Crippen molar-refractivity contribution in [3.05, 3.63) is 101 Å². The first kappa shape index (κ1) is 20.0. The maximum Gasteiger partial charge on any atom is 0.203 e. The first-order valence-corrected chi connectivity index (χ1v) is 9.57. The molecule has 1 heterocycles. The molecule has 0 N–H and O–H groups in total. The Bertz CT molecular complexity index is 1030. The SMILES string of the molecule is CCCc1ccc(C(=O)/C(C#N)=C/c2ccccc2OCc2cccnc2)cc1. The van der Waals surface area contributed by atoms with Crippen LogP contribution < -0.4 is 4.74 Å². The van der Waals surface area contributed by atoms with E-state index >= 15 is 0 Å². The summed E-state index contributed by atoms with van der Waals surface area (Å²) < 4.78 is 5.89. The van der Waals surface area contributed by atoms with Crippen LogP contribution in [0.5, 0.6) is 5.75 Å². The minimum atomic E-state index is -0.294. The van der Waals surface area contributed by atoms with Gasteiger partial charge >= 0.3 is 0 Å². The molecule has 0 saturated carbocycles. The molecule has 0 spiro atoms. The molecule has 0 bridgehead atoms. The number of rotatable bonds is 8. The van der Waals surface area contributed by atoms with Gasteiger partial charge in [-0.2, -0.15) is 5.26 Å². The fraction of sp³-hybridized carbons (Fsp3) is 0.160. The Hall–Kier alpha value is -3.71. The van der Waals surface area contributed by atoms with Crippen LogP contribution in [0.15, 0.2) is 78.6 Å². The van der Waals surface area contributed by atoms with Gasteiger partial charge in [0, 0.05) is 29.1 Å². The van der Waals surface area contributed by atoms with Crippen molar-refractivity contribution in [2.24, 2.45) is 0 Å². The number of Topliss-reactive ketones (excluding diaryl/α,β-unsaturated/α-hetero) is 1. The molecule has 0 unspecified atom stereocenters. The van der Waals surface area contributed by atoms with E-state index in [1.807, 2.05) is 54.6 Å². The molecular formula is C25H22N2O2. The molecule has 1 aromatic heterocycles. The van der Waals surface area contributed by atoms with E-state index in [-0.39, 0.29) is 11.4 Å². The van der Waals surface area contributed by atoms with Crippen molar-refractivity contribution >= 4 is 11.9 Å². The van der Waals surface area contributed by atoms with E-state index in [1.165, 1.54) is 5.56 Å². The van der Waals surface area contributed by atoms with Gasteiger partial charge < -0.3 is 4.74 Å². The quantitative estimate of drug-likeness (QED) is 0.297. The lowest BCUT2D eigenvalue weighted by Gasteiger charge is -2.09. The highest BCUT2D eigenvalue weighted by atomic mass is 16.5. The highest BCUT2D eigenvalue weighted by Crippen LogP contribution is 2.23. The summed E-state index contributed by atoms with van der Waals surface area (Å²) in [5.41, 5.74) is 3.39. The Kier molecular flexibility index (Phi) is 6.91. The van der Waals surface area contributed by atoms with E-state index in [1.54, 1.807) is 30.6 Å². The van der Waals surface area contributed by atoms with Crippen LogP contribution in [0.2, 0.25) is 0 Å². The number of aryl methyl sites for hydroxylation is 1. The van der Waals surface area contributed by atoms with Gasteiger partial charge in [0.25, 0.3) is 0 Å². The zero-order valence-corrected chi connectivity index (χ0v) is 16.3. The number of para-hydroxylation sites is 1. The summed E-state index contributed by atoms with van der Waals surface area (Å²) in [6.45, 7) is 2.47. The average Bonchev–Trinajstić information content (AvgIpc) is 2.77. The summed E-state index contributed by atoms with van der Waals surface area (Å²) in [6.07, 6.45) is 7.05. The summed E-state index contributed by atoms with van der Waals surface area (Å²) in [4.78, 5) is 16.9. The summed E-state index contributed by atoms with van der Waals surface area (Å²) in [6, 6.07) is 20.6. The number of ether oxygens (including phenoxy) is 1. The van der Waals surface area contributed by atoms with Gasteiger partial charge in [0.2, 0.25) is 5.78 Å². The Morgan fingerprint density at radius 1 is 1.07 bits per heavy atom. The minimum absolute atomic E-state index is 0.0747. The molecule has 144 valence electrons. The first-order chi connectivity index (χ1) is 14.2. The second kappa shape index (κ2) is 10.0. The van der Waals surface area contributed by atoms with Gasteiger partial charge in [0.15, 0.2) is 0 Å². The van der Waals surface area contributed by atoms with Gasteiger partial charge in [-0.05, 0) is 30.2 Å². The number of nitrogens with zero attached hydrogens (tertiary/aromatic N) is 2. The minimum Gasteiger partial charge on any atom is -0.488 e. The van der Waals surface area contributed by atoms with Crippen LogP contribution in [0.25, 0.3) is 6.08 Å². The lowest BCUT2D eigenvalue weighted by Crippen LogP contribution is -2.03. The zero-order chi connectivity index (χ0) is 20.5. The van der Waals surface area contributed by atoms with E-state index in [9.17, 15) is 10.1 Å². The molecule has 4 nitrogen and oxygen atoms in total. The predicted molar refractivity (Wildman–Crippen MR) is 113 cm³/mol. The molecule has 2 aromatic carbocycles. The third-order valence-corrected chi connectivity index (χ3v) is 4.46. The average molecular weight is 382 g/mol. The molecule has 0 fully saturated rings. The van der Waals surface area contributed by atoms with Crippen LogP contribution in [-0.2, 0) is 13.0 Å². The number of carbonyl (C=O) groups is 1. The van der Waals surface area contributed by atoms with Gasteiger partial charge in [0.05, 0.1) is 0 Å². The maximum absolute atomic E-state index is 12.8. The van der Waals surface area contributed by atoms with Crippen LogP contribution in [-0.4, -0.2) is 10.8 Å². The molecule has 0 radical (unpaired) electrons. The lowest BCUT2D eigenvalue weighted by atomic mass is 9.99. The van der Waals surface area contributed by atoms with Gasteiger partial charge in [-0.25, -0.2) is 0 Å². The summed E-state index contributed by atoms with van der Waals surface area (Å²) in [7, 11) is 0. The smallest absolute Gasteiger partial charge is 0.203 e. The number of carbonyl (C=O) groups excluding carboxylic acids is 1. The Labute approximate surface area is 171 Å². The number of hydrogen-bond donors (Lipinski definition) is 0. The number of benzene rings is 2. The number of aromatic nitrogens is 1. The molecule has 3 rings (SSSR count). The summed E-state index contributed by atoms with van der Waals surface area (Å²) in [5, 5.41) is 9.57.